The summed E-state index contributed by atoms with van der Waals surface area (Å²) in [5.74, 6) is -0.403. The van der Waals surface area contributed by atoms with Crippen LogP contribution in [0, 0.1) is 5.92 Å². The van der Waals surface area contributed by atoms with Crippen LogP contribution in [0.5, 0.6) is 0 Å². The zero-order chi connectivity index (χ0) is 18.9. The SMILES string of the molecule is CC(C)[C@@H](NS(=O)(=O)c1cccc2nsnc12)C(=O)Nc1ccn(C)n1. The van der Waals surface area contributed by atoms with Gasteiger partial charge in [0.05, 0.1) is 11.7 Å². The summed E-state index contributed by atoms with van der Waals surface area (Å²) < 4.78 is 37.8. The van der Waals surface area contributed by atoms with E-state index in [2.05, 4.69) is 23.9 Å². The smallest absolute Gasteiger partial charge is 0.244 e. The number of carbonyl (C=O) groups excluding carboxylic acids is 1. The van der Waals surface area contributed by atoms with Gasteiger partial charge in [0, 0.05) is 19.3 Å². The molecule has 1 aromatic carbocycles. The van der Waals surface area contributed by atoms with Crippen LogP contribution in [0.1, 0.15) is 13.8 Å². The van der Waals surface area contributed by atoms with Crippen molar-refractivity contribution in [1.82, 2.24) is 23.2 Å². The molecule has 0 fully saturated rings. The van der Waals surface area contributed by atoms with Crippen LogP contribution in [-0.2, 0) is 21.9 Å². The maximum atomic E-state index is 12.8. The summed E-state index contributed by atoms with van der Waals surface area (Å²) in [7, 11) is -2.24. The molecule has 3 rings (SSSR count). The molecule has 0 spiro atoms. The van der Waals surface area contributed by atoms with Crippen LogP contribution in [0.3, 0.4) is 0 Å². The van der Waals surface area contributed by atoms with E-state index in [1.807, 2.05) is 0 Å². The maximum Gasteiger partial charge on any atom is 0.244 e. The zero-order valence-corrected chi connectivity index (χ0v) is 16.0. The Labute approximate surface area is 154 Å². The highest BCUT2D eigenvalue weighted by atomic mass is 32.2. The molecule has 0 aliphatic carbocycles. The molecule has 3 aromatic rings. The maximum absolute atomic E-state index is 12.8. The molecule has 2 aromatic heterocycles. The predicted molar refractivity (Wildman–Crippen MR) is 98.2 cm³/mol. The van der Waals surface area contributed by atoms with E-state index < -0.39 is 22.0 Å². The number of sulfonamides is 1. The number of benzene rings is 1. The van der Waals surface area contributed by atoms with E-state index in [1.54, 1.807) is 50.0 Å². The van der Waals surface area contributed by atoms with Crippen molar-refractivity contribution in [3.05, 3.63) is 30.5 Å². The Morgan fingerprint density at radius 1 is 1.23 bits per heavy atom. The Balaban J connectivity index is 1.87. The van der Waals surface area contributed by atoms with Crippen molar-refractivity contribution in [2.75, 3.05) is 5.32 Å². The first kappa shape index (κ1) is 18.4. The van der Waals surface area contributed by atoms with Crippen LogP contribution in [0.2, 0.25) is 0 Å². The standard InChI is InChI=1S/C15H18N6O3S2/c1-9(2)13(15(22)16-12-7-8-21(3)17-12)20-26(23,24)11-6-4-5-10-14(11)19-25-18-10/h4-9,13,20H,1-3H3,(H,16,17,22)/t13-/m1/s1. The Kier molecular flexibility index (Phi) is 5.03. The van der Waals surface area contributed by atoms with E-state index in [9.17, 15) is 13.2 Å². The number of carbonyl (C=O) groups is 1. The molecular formula is C15H18N6O3S2. The van der Waals surface area contributed by atoms with Gasteiger partial charge in [0.2, 0.25) is 15.9 Å². The molecule has 2 heterocycles. The van der Waals surface area contributed by atoms with E-state index in [-0.39, 0.29) is 16.3 Å². The number of fused-ring (bicyclic) bond motifs is 1. The van der Waals surface area contributed by atoms with E-state index in [1.165, 1.54) is 6.07 Å². The van der Waals surface area contributed by atoms with Crippen molar-refractivity contribution in [1.29, 1.82) is 0 Å². The van der Waals surface area contributed by atoms with Gasteiger partial charge in [-0.1, -0.05) is 19.9 Å². The quantitative estimate of drug-likeness (QED) is 0.652. The number of hydrogen-bond donors (Lipinski definition) is 2. The predicted octanol–water partition coefficient (Wildman–Crippen LogP) is 1.37. The number of aromatic nitrogens is 4. The van der Waals surface area contributed by atoms with Gasteiger partial charge in [-0.3, -0.25) is 9.48 Å². The lowest BCUT2D eigenvalue weighted by Gasteiger charge is -2.21. The highest BCUT2D eigenvalue weighted by molar-refractivity contribution is 7.89. The second-order valence-corrected chi connectivity index (χ2v) is 8.31. The fraction of sp³-hybridized carbons (Fsp3) is 0.333. The molecule has 0 radical (unpaired) electrons. The topological polar surface area (TPSA) is 119 Å². The monoisotopic (exact) mass is 394 g/mol. The lowest BCUT2D eigenvalue weighted by molar-refractivity contribution is -0.118. The lowest BCUT2D eigenvalue weighted by atomic mass is 10.1. The third kappa shape index (κ3) is 3.74. The molecule has 0 bridgehead atoms. The van der Waals surface area contributed by atoms with Gasteiger partial charge >= 0.3 is 0 Å². The largest absolute Gasteiger partial charge is 0.308 e. The van der Waals surface area contributed by atoms with Gasteiger partial charge in [-0.2, -0.15) is 18.6 Å². The van der Waals surface area contributed by atoms with Gasteiger partial charge in [0.1, 0.15) is 22.0 Å². The highest BCUT2D eigenvalue weighted by Gasteiger charge is 2.30. The first-order chi connectivity index (χ1) is 12.3. The molecule has 0 saturated heterocycles. The van der Waals surface area contributed by atoms with Crippen molar-refractivity contribution in [3.63, 3.8) is 0 Å². The Hall–Kier alpha value is -2.37. The van der Waals surface area contributed by atoms with Crippen LogP contribution in [0.15, 0.2) is 35.4 Å². The molecule has 0 aliphatic rings. The Morgan fingerprint density at radius 3 is 2.65 bits per heavy atom. The van der Waals surface area contributed by atoms with E-state index >= 15 is 0 Å². The van der Waals surface area contributed by atoms with Crippen molar-refractivity contribution < 1.29 is 13.2 Å². The third-order valence-electron chi connectivity index (χ3n) is 3.73. The molecule has 2 N–H and O–H groups in total. The Morgan fingerprint density at radius 2 is 2.00 bits per heavy atom. The number of hydrogen-bond acceptors (Lipinski definition) is 7. The third-order valence-corrected chi connectivity index (χ3v) is 5.75. The van der Waals surface area contributed by atoms with E-state index in [4.69, 9.17) is 0 Å². The molecule has 1 atom stereocenters. The minimum Gasteiger partial charge on any atom is -0.308 e. The average Bonchev–Trinajstić information content (AvgIpc) is 3.20. The van der Waals surface area contributed by atoms with Crippen LogP contribution >= 0.6 is 11.7 Å². The number of nitrogens with zero attached hydrogens (tertiary/aromatic N) is 4. The van der Waals surface area contributed by atoms with Gasteiger partial charge in [0.15, 0.2) is 5.82 Å². The fourth-order valence-corrected chi connectivity index (χ4v) is 4.52. The first-order valence-corrected chi connectivity index (χ1v) is 10.0. The van der Waals surface area contributed by atoms with Gasteiger partial charge in [-0.25, -0.2) is 8.42 Å². The van der Waals surface area contributed by atoms with Crippen LogP contribution in [0.25, 0.3) is 11.0 Å². The number of nitrogens with one attached hydrogen (secondary N) is 2. The Bertz CT molecular complexity index is 1040. The summed E-state index contributed by atoms with van der Waals surface area (Å²) in [4.78, 5) is 12.6. The number of aryl methyl sites for hydroxylation is 1. The van der Waals surface area contributed by atoms with E-state index in [0.717, 1.165) is 11.7 Å². The number of anilines is 1. The molecular weight excluding hydrogens is 376 g/mol. The lowest BCUT2D eigenvalue weighted by Crippen LogP contribution is -2.47. The summed E-state index contributed by atoms with van der Waals surface area (Å²) >= 11 is 0.937. The normalized spacial score (nSPS) is 13.2. The van der Waals surface area contributed by atoms with Crippen LogP contribution < -0.4 is 10.0 Å². The van der Waals surface area contributed by atoms with Crippen molar-refractivity contribution in [2.24, 2.45) is 13.0 Å². The van der Waals surface area contributed by atoms with E-state index in [0.29, 0.717) is 11.3 Å². The minimum atomic E-state index is -3.97. The van der Waals surface area contributed by atoms with Gasteiger partial charge < -0.3 is 5.32 Å². The summed E-state index contributed by atoms with van der Waals surface area (Å²) in [5, 5.41) is 6.70. The molecule has 0 aliphatic heterocycles. The molecule has 26 heavy (non-hydrogen) atoms. The van der Waals surface area contributed by atoms with Crippen molar-refractivity contribution >= 4 is 44.5 Å². The molecule has 1 amide bonds. The molecule has 0 unspecified atom stereocenters. The van der Waals surface area contributed by atoms with Crippen molar-refractivity contribution in [3.8, 4) is 0 Å². The van der Waals surface area contributed by atoms with Crippen LogP contribution in [-0.4, -0.2) is 38.9 Å². The van der Waals surface area contributed by atoms with Gasteiger partial charge in [-0.05, 0) is 18.1 Å². The summed E-state index contributed by atoms with van der Waals surface area (Å²) in [5.41, 5.74) is 0.787. The molecule has 0 saturated carbocycles. The molecule has 138 valence electrons. The first-order valence-electron chi connectivity index (χ1n) is 7.82. The van der Waals surface area contributed by atoms with Crippen molar-refractivity contribution in [2.45, 2.75) is 24.8 Å². The highest BCUT2D eigenvalue weighted by Crippen LogP contribution is 2.22. The average molecular weight is 394 g/mol. The number of rotatable bonds is 6. The molecule has 9 nitrogen and oxygen atoms in total. The fourth-order valence-electron chi connectivity index (χ4n) is 2.41. The summed E-state index contributed by atoms with van der Waals surface area (Å²) in [6, 6.07) is 5.39. The second kappa shape index (κ2) is 7.09. The van der Waals surface area contributed by atoms with Gasteiger partial charge in [0.25, 0.3) is 0 Å². The number of amides is 1. The zero-order valence-electron chi connectivity index (χ0n) is 14.4. The second-order valence-electron chi connectivity index (χ2n) is 6.09. The summed E-state index contributed by atoms with van der Waals surface area (Å²) in [6.07, 6.45) is 1.68. The van der Waals surface area contributed by atoms with Gasteiger partial charge in [-0.15, -0.1) is 0 Å². The summed E-state index contributed by atoms with van der Waals surface area (Å²) in [6.45, 7) is 3.52. The molecule has 11 heteroatoms. The minimum absolute atomic E-state index is 0.0000334. The van der Waals surface area contributed by atoms with Crippen LogP contribution in [0.4, 0.5) is 5.82 Å².